The third-order valence-corrected chi connectivity index (χ3v) is 2.74. The van der Waals surface area contributed by atoms with Gasteiger partial charge in [-0.05, 0) is 11.6 Å². The van der Waals surface area contributed by atoms with E-state index >= 15 is 0 Å². The van der Waals surface area contributed by atoms with E-state index in [1.165, 1.54) is 6.07 Å². The highest BCUT2D eigenvalue weighted by Crippen LogP contribution is 2.31. The Bertz CT molecular complexity index is 314. The quantitative estimate of drug-likeness (QED) is 0.777. The number of hydrogen-bond acceptors (Lipinski definition) is 2. The number of hydrogen-bond donors (Lipinski definition) is 1. The third-order valence-electron chi connectivity index (χ3n) is 2.74. The molecule has 0 aliphatic carbocycles. The molecule has 1 aromatic rings. The van der Waals surface area contributed by atoms with Gasteiger partial charge in [-0.2, -0.15) is 0 Å². The fraction of sp³-hybridized carbons (Fsp3) is 0.455. The van der Waals surface area contributed by atoms with Crippen molar-refractivity contribution in [1.82, 2.24) is 0 Å². The van der Waals surface area contributed by atoms with Crippen LogP contribution in [0.5, 0.6) is 0 Å². The van der Waals surface area contributed by atoms with Crippen LogP contribution in [-0.2, 0) is 4.74 Å². The second-order valence-corrected chi connectivity index (χ2v) is 3.61. The summed E-state index contributed by atoms with van der Waals surface area (Å²) in [5.74, 6) is -0.172. The monoisotopic (exact) mass is 196 g/mol. The van der Waals surface area contributed by atoms with Crippen LogP contribution in [0.15, 0.2) is 24.3 Å². The highest BCUT2D eigenvalue weighted by atomic mass is 19.1. The van der Waals surface area contributed by atoms with Crippen molar-refractivity contribution >= 4 is 0 Å². The van der Waals surface area contributed by atoms with Crippen molar-refractivity contribution in [3.05, 3.63) is 35.6 Å². The second-order valence-electron chi connectivity index (χ2n) is 3.61. The average Bonchev–Trinajstić information content (AvgIpc) is 2.66. The van der Waals surface area contributed by atoms with Gasteiger partial charge in [-0.1, -0.05) is 18.2 Å². The highest BCUT2D eigenvalue weighted by molar-refractivity contribution is 5.23. The molecule has 0 spiro atoms. The van der Waals surface area contributed by atoms with Gasteiger partial charge in [-0.25, -0.2) is 4.39 Å². The molecule has 0 radical (unpaired) electrons. The number of benzene rings is 1. The predicted octanol–water partition coefficient (Wildman–Crippen LogP) is 1.55. The predicted molar refractivity (Wildman–Crippen MR) is 50.5 cm³/mol. The van der Waals surface area contributed by atoms with Crippen LogP contribution in [-0.4, -0.2) is 24.9 Å². The smallest absolute Gasteiger partial charge is 0.126 e. The molecule has 1 fully saturated rings. The number of aliphatic hydroxyl groups excluding tert-OH is 1. The Morgan fingerprint density at radius 3 is 2.86 bits per heavy atom. The molecule has 1 aliphatic heterocycles. The van der Waals surface area contributed by atoms with Gasteiger partial charge in [0.15, 0.2) is 0 Å². The molecule has 1 unspecified atom stereocenters. The summed E-state index contributed by atoms with van der Waals surface area (Å²) >= 11 is 0. The molecule has 0 aromatic heterocycles. The Labute approximate surface area is 82.3 Å². The number of rotatable bonds is 2. The van der Waals surface area contributed by atoms with E-state index in [2.05, 4.69) is 0 Å². The maximum atomic E-state index is 13.4. The first-order chi connectivity index (χ1) is 6.83. The number of ether oxygens (including phenoxy) is 1. The van der Waals surface area contributed by atoms with Gasteiger partial charge in [0.1, 0.15) is 5.82 Å². The summed E-state index contributed by atoms with van der Waals surface area (Å²) in [6.07, 6.45) is 0. The Morgan fingerprint density at radius 2 is 2.14 bits per heavy atom. The summed E-state index contributed by atoms with van der Waals surface area (Å²) in [7, 11) is 0. The first kappa shape index (κ1) is 9.62. The van der Waals surface area contributed by atoms with Gasteiger partial charge in [0, 0.05) is 18.4 Å². The first-order valence-electron chi connectivity index (χ1n) is 4.76. The Hall–Kier alpha value is -0.930. The maximum absolute atomic E-state index is 13.4. The summed E-state index contributed by atoms with van der Waals surface area (Å²) in [5, 5.41) is 9.09. The Morgan fingerprint density at radius 1 is 1.36 bits per heavy atom. The molecule has 1 aromatic carbocycles. The summed E-state index contributed by atoms with van der Waals surface area (Å²) in [5.41, 5.74) is 0.657. The standard InChI is InChI=1S/C11H13FO2/c12-11-4-2-1-3-9(11)10-7-14-6-8(10)5-13/h1-4,8,10,13H,5-7H2/t8-,10?/m1/s1. The van der Waals surface area contributed by atoms with Crippen LogP contribution >= 0.6 is 0 Å². The van der Waals surface area contributed by atoms with E-state index in [1.54, 1.807) is 12.1 Å². The lowest BCUT2D eigenvalue weighted by Gasteiger charge is -2.15. The van der Waals surface area contributed by atoms with Gasteiger partial charge in [0.2, 0.25) is 0 Å². The van der Waals surface area contributed by atoms with Gasteiger partial charge in [-0.3, -0.25) is 0 Å². The van der Waals surface area contributed by atoms with Crippen LogP contribution in [0.2, 0.25) is 0 Å². The van der Waals surface area contributed by atoms with Gasteiger partial charge < -0.3 is 9.84 Å². The SMILES string of the molecule is OC[C@@H]1COCC1c1ccccc1F. The minimum Gasteiger partial charge on any atom is -0.396 e. The summed E-state index contributed by atoms with van der Waals surface area (Å²) in [6.45, 7) is 1.08. The molecule has 2 nitrogen and oxygen atoms in total. The van der Waals surface area contributed by atoms with Crippen LogP contribution in [0, 0.1) is 11.7 Å². The molecule has 1 saturated heterocycles. The van der Waals surface area contributed by atoms with Crippen LogP contribution in [0.4, 0.5) is 4.39 Å². The number of halogens is 1. The normalized spacial score (nSPS) is 26.7. The fourth-order valence-corrected chi connectivity index (χ4v) is 1.90. The van der Waals surface area contributed by atoms with Crippen molar-refractivity contribution in [3.63, 3.8) is 0 Å². The van der Waals surface area contributed by atoms with E-state index in [-0.39, 0.29) is 24.3 Å². The second kappa shape index (κ2) is 4.07. The third kappa shape index (κ3) is 1.65. The molecule has 0 saturated carbocycles. The van der Waals surface area contributed by atoms with Crippen molar-refractivity contribution in [2.24, 2.45) is 5.92 Å². The van der Waals surface area contributed by atoms with Gasteiger partial charge in [0.25, 0.3) is 0 Å². The molecule has 2 atom stereocenters. The zero-order chi connectivity index (χ0) is 9.97. The van der Waals surface area contributed by atoms with Crippen molar-refractivity contribution in [2.75, 3.05) is 19.8 Å². The van der Waals surface area contributed by atoms with E-state index in [0.717, 1.165) is 0 Å². The van der Waals surface area contributed by atoms with E-state index in [9.17, 15) is 4.39 Å². The molecule has 2 rings (SSSR count). The molecule has 14 heavy (non-hydrogen) atoms. The number of aliphatic hydroxyl groups is 1. The van der Waals surface area contributed by atoms with Gasteiger partial charge in [0.05, 0.1) is 13.2 Å². The largest absolute Gasteiger partial charge is 0.396 e. The Kier molecular flexibility index (Phi) is 2.79. The molecule has 76 valence electrons. The minimum absolute atomic E-state index is 0.00111. The lowest BCUT2D eigenvalue weighted by atomic mass is 9.89. The average molecular weight is 196 g/mol. The van der Waals surface area contributed by atoms with Crippen LogP contribution < -0.4 is 0 Å². The molecule has 3 heteroatoms. The molecule has 1 heterocycles. The van der Waals surface area contributed by atoms with Crippen molar-refractivity contribution in [2.45, 2.75) is 5.92 Å². The molecular formula is C11H13FO2. The molecule has 0 bridgehead atoms. The molecular weight excluding hydrogens is 183 g/mol. The zero-order valence-corrected chi connectivity index (χ0v) is 7.82. The first-order valence-corrected chi connectivity index (χ1v) is 4.76. The van der Waals surface area contributed by atoms with Crippen LogP contribution in [0.3, 0.4) is 0 Å². The minimum atomic E-state index is -0.207. The van der Waals surface area contributed by atoms with Crippen LogP contribution in [0.1, 0.15) is 11.5 Å². The summed E-state index contributed by atoms with van der Waals surface area (Å²) < 4.78 is 18.7. The molecule has 1 aliphatic rings. The molecule has 1 N–H and O–H groups in total. The van der Waals surface area contributed by atoms with E-state index in [1.807, 2.05) is 6.07 Å². The lowest BCUT2D eigenvalue weighted by Crippen LogP contribution is -2.15. The zero-order valence-electron chi connectivity index (χ0n) is 7.82. The maximum Gasteiger partial charge on any atom is 0.126 e. The van der Waals surface area contributed by atoms with E-state index < -0.39 is 0 Å². The van der Waals surface area contributed by atoms with Crippen molar-refractivity contribution < 1.29 is 14.2 Å². The summed E-state index contributed by atoms with van der Waals surface area (Å²) in [6, 6.07) is 6.69. The van der Waals surface area contributed by atoms with Gasteiger partial charge >= 0.3 is 0 Å². The summed E-state index contributed by atoms with van der Waals surface area (Å²) in [4.78, 5) is 0. The van der Waals surface area contributed by atoms with Crippen molar-refractivity contribution in [1.29, 1.82) is 0 Å². The van der Waals surface area contributed by atoms with E-state index in [4.69, 9.17) is 9.84 Å². The van der Waals surface area contributed by atoms with Crippen molar-refractivity contribution in [3.8, 4) is 0 Å². The van der Waals surface area contributed by atoms with Crippen LogP contribution in [0.25, 0.3) is 0 Å². The van der Waals surface area contributed by atoms with Gasteiger partial charge in [-0.15, -0.1) is 0 Å². The van der Waals surface area contributed by atoms with E-state index in [0.29, 0.717) is 18.8 Å². The fourth-order valence-electron chi connectivity index (χ4n) is 1.90. The topological polar surface area (TPSA) is 29.5 Å². The lowest BCUT2D eigenvalue weighted by molar-refractivity contribution is 0.160. The molecule has 0 amide bonds. The Balaban J connectivity index is 2.26. The highest BCUT2D eigenvalue weighted by Gasteiger charge is 2.30.